The highest BCUT2D eigenvalue weighted by molar-refractivity contribution is 7.89. The second kappa shape index (κ2) is 6.22. The van der Waals surface area contributed by atoms with Crippen LogP contribution in [0.15, 0.2) is 17.0 Å². The third-order valence-corrected chi connectivity index (χ3v) is 6.06. The monoisotopic (exact) mass is 333 g/mol. The van der Waals surface area contributed by atoms with Crippen molar-refractivity contribution in [1.29, 1.82) is 0 Å². The van der Waals surface area contributed by atoms with E-state index in [1.54, 1.807) is 13.0 Å². The predicted octanol–water partition coefficient (Wildman–Crippen LogP) is 1.94. The zero-order valence-corrected chi connectivity index (χ0v) is 13.9. The van der Waals surface area contributed by atoms with E-state index in [-0.39, 0.29) is 23.6 Å². The predicted molar refractivity (Wildman–Crippen MR) is 80.9 cm³/mol. The number of morpholine rings is 1. The minimum atomic E-state index is -3.67. The quantitative estimate of drug-likeness (QED) is 0.918. The van der Waals surface area contributed by atoms with E-state index in [0.29, 0.717) is 29.3 Å². The van der Waals surface area contributed by atoms with Crippen LogP contribution in [0.5, 0.6) is 0 Å². The van der Waals surface area contributed by atoms with E-state index in [1.165, 1.54) is 10.4 Å². The molecule has 1 saturated heterocycles. The fourth-order valence-electron chi connectivity index (χ4n) is 2.47. The Morgan fingerprint density at radius 2 is 2.10 bits per heavy atom. The maximum Gasteiger partial charge on any atom is 0.243 e. The van der Waals surface area contributed by atoms with Gasteiger partial charge in [-0.25, -0.2) is 8.42 Å². The molecule has 1 fully saturated rings. The van der Waals surface area contributed by atoms with Crippen LogP contribution in [-0.4, -0.2) is 43.1 Å². The first-order valence-corrected chi connectivity index (χ1v) is 8.62. The molecule has 2 unspecified atom stereocenters. The van der Waals surface area contributed by atoms with Crippen molar-refractivity contribution in [2.75, 3.05) is 13.2 Å². The van der Waals surface area contributed by atoms with Crippen molar-refractivity contribution < 1.29 is 18.3 Å². The van der Waals surface area contributed by atoms with Gasteiger partial charge in [0.25, 0.3) is 0 Å². The third kappa shape index (κ3) is 3.24. The van der Waals surface area contributed by atoms with Crippen LogP contribution in [0.4, 0.5) is 0 Å². The molecule has 0 aliphatic carbocycles. The van der Waals surface area contributed by atoms with Crippen LogP contribution in [0.1, 0.15) is 25.0 Å². The van der Waals surface area contributed by atoms with Crippen molar-refractivity contribution in [3.05, 3.63) is 28.3 Å². The van der Waals surface area contributed by atoms with Crippen molar-refractivity contribution >= 4 is 21.6 Å². The minimum Gasteiger partial charge on any atom is -0.392 e. The first-order valence-electron chi connectivity index (χ1n) is 6.80. The number of rotatable bonds is 3. The fourth-order valence-corrected chi connectivity index (χ4v) is 4.77. The Morgan fingerprint density at radius 1 is 1.43 bits per heavy atom. The van der Waals surface area contributed by atoms with E-state index in [1.807, 2.05) is 13.8 Å². The summed E-state index contributed by atoms with van der Waals surface area (Å²) in [6, 6.07) is 2.79. The number of halogens is 1. The van der Waals surface area contributed by atoms with Gasteiger partial charge in [0, 0.05) is 17.6 Å². The zero-order valence-electron chi connectivity index (χ0n) is 12.3. The van der Waals surface area contributed by atoms with Gasteiger partial charge in [-0.15, -0.1) is 0 Å². The number of hydrogen-bond donors (Lipinski definition) is 1. The molecule has 0 aromatic heterocycles. The maximum absolute atomic E-state index is 12.9. The lowest BCUT2D eigenvalue weighted by molar-refractivity contribution is -0.0170. The molecule has 0 bridgehead atoms. The summed E-state index contributed by atoms with van der Waals surface area (Å²) in [4.78, 5) is 0.153. The molecular weight excluding hydrogens is 314 g/mol. The highest BCUT2D eigenvalue weighted by Gasteiger charge is 2.35. The third-order valence-electron chi connectivity index (χ3n) is 3.74. The van der Waals surface area contributed by atoms with Crippen LogP contribution >= 0.6 is 11.6 Å². The second-order valence-electron chi connectivity index (χ2n) is 5.41. The SMILES string of the molecule is Cc1c(CO)cc(Cl)cc1S(=O)(=O)N1CC(C)OCC1C. The van der Waals surface area contributed by atoms with Crippen LogP contribution in [0.2, 0.25) is 5.02 Å². The number of ether oxygens (including phenoxy) is 1. The smallest absolute Gasteiger partial charge is 0.243 e. The molecule has 1 N–H and O–H groups in total. The van der Waals surface area contributed by atoms with Gasteiger partial charge in [0.1, 0.15) is 0 Å². The number of aliphatic hydroxyl groups excluding tert-OH is 1. The number of nitrogens with zero attached hydrogens (tertiary/aromatic N) is 1. The van der Waals surface area contributed by atoms with Gasteiger partial charge in [-0.1, -0.05) is 11.6 Å². The molecule has 7 heteroatoms. The van der Waals surface area contributed by atoms with Crippen LogP contribution in [0, 0.1) is 6.92 Å². The normalized spacial score (nSPS) is 24.2. The lowest BCUT2D eigenvalue weighted by atomic mass is 10.1. The molecule has 0 radical (unpaired) electrons. The molecule has 1 aliphatic heterocycles. The van der Waals surface area contributed by atoms with Gasteiger partial charge < -0.3 is 9.84 Å². The molecule has 21 heavy (non-hydrogen) atoms. The molecule has 0 amide bonds. The topological polar surface area (TPSA) is 66.8 Å². The molecule has 1 aromatic carbocycles. The Bertz CT molecular complexity index is 632. The Morgan fingerprint density at radius 3 is 2.71 bits per heavy atom. The van der Waals surface area contributed by atoms with E-state index in [2.05, 4.69) is 0 Å². The van der Waals surface area contributed by atoms with E-state index < -0.39 is 10.0 Å². The van der Waals surface area contributed by atoms with E-state index in [4.69, 9.17) is 16.3 Å². The molecule has 1 aliphatic rings. The lowest BCUT2D eigenvalue weighted by Crippen LogP contribution is -2.50. The molecule has 0 saturated carbocycles. The molecule has 1 aromatic rings. The lowest BCUT2D eigenvalue weighted by Gasteiger charge is -2.36. The first-order chi connectivity index (χ1) is 9.77. The second-order valence-corrected chi connectivity index (χ2v) is 7.71. The average molecular weight is 334 g/mol. The first kappa shape index (κ1) is 16.7. The van der Waals surface area contributed by atoms with E-state index in [0.717, 1.165) is 0 Å². The molecule has 0 spiro atoms. The van der Waals surface area contributed by atoms with Crippen molar-refractivity contribution in [2.45, 2.75) is 44.4 Å². The molecule has 1 heterocycles. The van der Waals surface area contributed by atoms with Gasteiger partial charge >= 0.3 is 0 Å². The number of aliphatic hydroxyl groups is 1. The number of hydrogen-bond acceptors (Lipinski definition) is 4. The van der Waals surface area contributed by atoms with Gasteiger partial charge in [0.05, 0.1) is 24.2 Å². The average Bonchev–Trinajstić information content (AvgIpc) is 2.43. The maximum atomic E-state index is 12.9. The summed E-state index contributed by atoms with van der Waals surface area (Å²) in [6.45, 7) is 5.78. The Kier molecular flexibility index (Phi) is 4.95. The highest BCUT2D eigenvalue weighted by Crippen LogP contribution is 2.29. The van der Waals surface area contributed by atoms with Crippen molar-refractivity contribution in [3.63, 3.8) is 0 Å². The summed E-state index contributed by atoms with van der Waals surface area (Å²) in [7, 11) is -3.67. The number of sulfonamides is 1. The van der Waals surface area contributed by atoms with Gasteiger partial charge in [-0.3, -0.25) is 0 Å². The molecule has 2 atom stereocenters. The van der Waals surface area contributed by atoms with E-state index >= 15 is 0 Å². The standard InChI is InChI=1S/C14H20ClNO4S/c1-9-8-20-10(2)6-16(9)21(18,19)14-5-13(15)4-12(7-17)11(14)3/h4-5,9-10,17H,6-8H2,1-3H3. The summed E-state index contributed by atoms with van der Waals surface area (Å²) in [6.07, 6.45) is -0.146. The van der Waals surface area contributed by atoms with Gasteiger partial charge in [0.2, 0.25) is 10.0 Å². The Labute approximate surface area is 130 Å². The molecule has 118 valence electrons. The summed E-state index contributed by atoms with van der Waals surface area (Å²) < 4.78 is 32.8. The largest absolute Gasteiger partial charge is 0.392 e. The van der Waals surface area contributed by atoms with Crippen molar-refractivity contribution in [3.8, 4) is 0 Å². The summed E-state index contributed by atoms with van der Waals surface area (Å²) >= 11 is 5.99. The van der Waals surface area contributed by atoms with Crippen molar-refractivity contribution in [2.24, 2.45) is 0 Å². The van der Waals surface area contributed by atoms with Crippen LogP contribution in [0.3, 0.4) is 0 Å². The fraction of sp³-hybridized carbons (Fsp3) is 0.571. The van der Waals surface area contributed by atoms with Crippen LogP contribution in [-0.2, 0) is 21.4 Å². The Balaban J connectivity index is 2.51. The summed E-state index contributed by atoms with van der Waals surface area (Å²) in [5.41, 5.74) is 1.06. The minimum absolute atomic E-state index is 0.146. The van der Waals surface area contributed by atoms with Gasteiger partial charge in [-0.05, 0) is 44.0 Å². The number of benzene rings is 1. The van der Waals surface area contributed by atoms with Crippen LogP contribution in [0.25, 0.3) is 0 Å². The van der Waals surface area contributed by atoms with Crippen molar-refractivity contribution in [1.82, 2.24) is 4.31 Å². The van der Waals surface area contributed by atoms with Crippen LogP contribution < -0.4 is 0 Å². The van der Waals surface area contributed by atoms with E-state index in [9.17, 15) is 13.5 Å². The molecular formula is C14H20ClNO4S. The Hall–Kier alpha value is -0.660. The van der Waals surface area contributed by atoms with Gasteiger partial charge in [0.15, 0.2) is 0 Å². The summed E-state index contributed by atoms with van der Waals surface area (Å²) in [5.74, 6) is 0. The molecule has 2 rings (SSSR count). The summed E-state index contributed by atoms with van der Waals surface area (Å²) in [5, 5.41) is 9.65. The molecule has 5 nitrogen and oxygen atoms in total. The zero-order chi connectivity index (χ0) is 15.8. The van der Waals surface area contributed by atoms with Gasteiger partial charge in [-0.2, -0.15) is 4.31 Å². The highest BCUT2D eigenvalue weighted by atomic mass is 35.5.